The van der Waals surface area contributed by atoms with Gasteiger partial charge in [0.25, 0.3) is 0 Å². The number of esters is 1. The maximum Gasteiger partial charge on any atom is 0.328 e. The first-order valence-electron chi connectivity index (χ1n) is 5.73. The van der Waals surface area contributed by atoms with E-state index in [0.29, 0.717) is 19.3 Å². The van der Waals surface area contributed by atoms with Crippen LogP contribution in [0.25, 0.3) is 0 Å². The van der Waals surface area contributed by atoms with Crippen LogP contribution in [-0.2, 0) is 19.1 Å². The molecule has 0 aliphatic carbocycles. The summed E-state index contributed by atoms with van der Waals surface area (Å²) in [5, 5.41) is 11.1. The molecule has 17 heavy (non-hydrogen) atoms. The Morgan fingerprint density at radius 3 is 2.82 bits per heavy atom. The van der Waals surface area contributed by atoms with E-state index in [1.54, 1.807) is 6.92 Å². The zero-order valence-electron chi connectivity index (χ0n) is 9.77. The van der Waals surface area contributed by atoms with Crippen LogP contribution in [0.5, 0.6) is 0 Å². The van der Waals surface area contributed by atoms with Crippen molar-refractivity contribution in [1.82, 2.24) is 5.32 Å². The van der Waals surface area contributed by atoms with Crippen molar-refractivity contribution in [2.75, 3.05) is 6.61 Å². The summed E-state index contributed by atoms with van der Waals surface area (Å²) in [4.78, 5) is 33.2. The third-order valence-electron chi connectivity index (χ3n) is 2.72. The highest BCUT2D eigenvalue weighted by molar-refractivity contribution is 5.89. The monoisotopic (exact) mass is 243 g/mol. The number of nitrogens with one attached hydrogen (secondary N) is 1. The van der Waals surface area contributed by atoms with Gasteiger partial charge in [0, 0.05) is 12.3 Å². The lowest BCUT2D eigenvalue weighted by molar-refractivity contribution is -0.146. The van der Waals surface area contributed by atoms with Gasteiger partial charge in [0.05, 0.1) is 6.61 Å². The van der Waals surface area contributed by atoms with Crippen molar-refractivity contribution in [1.29, 1.82) is 0 Å². The minimum atomic E-state index is -0.870. The zero-order chi connectivity index (χ0) is 12.8. The van der Waals surface area contributed by atoms with Crippen LogP contribution in [0.15, 0.2) is 0 Å². The lowest BCUT2D eigenvalue weighted by Gasteiger charge is -2.08. The molecule has 1 amide bonds. The van der Waals surface area contributed by atoms with Crippen molar-refractivity contribution in [3.63, 3.8) is 0 Å². The highest BCUT2D eigenvalue weighted by Crippen LogP contribution is 2.22. The fourth-order valence-electron chi connectivity index (χ4n) is 1.89. The van der Waals surface area contributed by atoms with Gasteiger partial charge in [-0.2, -0.15) is 0 Å². The summed E-state index contributed by atoms with van der Waals surface area (Å²) in [6.07, 6.45) is 1.39. The lowest BCUT2D eigenvalue weighted by Crippen LogP contribution is -2.34. The molecule has 1 rings (SSSR count). The Hall–Kier alpha value is -1.59. The molecule has 6 nitrogen and oxygen atoms in total. The number of hydrogen-bond acceptors (Lipinski definition) is 4. The molecule has 6 heteroatoms. The number of rotatable bonds is 6. The number of hydrogen-bond donors (Lipinski definition) is 2. The molecule has 1 heterocycles. The van der Waals surface area contributed by atoms with Gasteiger partial charge in [0.15, 0.2) is 0 Å². The van der Waals surface area contributed by atoms with Gasteiger partial charge in [-0.1, -0.05) is 0 Å². The van der Waals surface area contributed by atoms with Gasteiger partial charge in [0.1, 0.15) is 6.04 Å². The standard InChI is InChI=1S/C11H17NO5/c1-2-17-11(16)8-6-7(10(15)12-8)4-3-5-9(13)14/h7-8H,2-6H2,1H3,(H,12,15)(H,13,14)/t7-,8+/m1/s1. The molecule has 0 aromatic rings. The van der Waals surface area contributed by atoms with E-state index >= 15 is 0 Å². The highest BCUT2D eigenvalue weighted by atomic mass is 16.5. The molecule has 1 fully saturated rings. The molecule has 0 aromatic carbocycles. The second-order valence-electron chi connectivity index (χ2n) is 4.03. The van der Waals surface area contributed by atoms with Crippen LogP contribution in [0.3, 0.4) is 0 Å². The molecule has 0 aromatic heterocycles. The lowest BCUT2D eigenvalue weighted by atomic mass is 9.98. The second-order valence-corrected chi connectivity index (χ2v) is 4.03. The Labute approximate surface area is 99.3 Å². The molecule has 0 radical (unpaired) electrons. The highest BCUT2D eigenvalue weighted by Gasteiger charge is 2.36. The Kier molecular flexibility index (Phi) is 4.93. The number of carbonyl (C=O) groups is 3. The molecule has 1 aliphatic rings. The van der Waals surface area contributed by atoms with Gasteiger partial charge in [-0.25, -0.2) is 4.79 Å². The van der Waals surface area contributed by atoms with Crippen LogP contribution < -0.4 is 5.32 Å². The van der Waals surface area contributed by atoms with Crippen LogP contribution in [-0.4, -0.2) is 35.6 Å². The third kappa shape index (κ3) is 4.05. The number of ether oxygens (including phenoxy) is 1. The molecular weight excluding hydrogens is 226 g/mol. The number of carboxylic acids is 1. The fraction of sp³-hybridized carbons (Fsp3) is 0.727. The molecule has 0 unspecified atom stereocenters. The van der Waals surface area contributed by atoms with Gasteiger partial charge in [0.2, 0.25) is 5.91 Å². The van der Waals surface area contributed by atoms with E-state index in [-0.39, 0.29) is 24.9 Å². The molecule has 0 saturated carbocycles. The fourth-order valence-corrected chi connectivity index (χ4v) is 1.89. The number of carbonyl (C=O) groups excluding carboxylic acids is 2. The molecule has 0 spiro atoms. The summed E-state index contributed by atoms with van der Waals surface area (Å²) >= 11 is 0. The Bertz CT molecular complexity index is 315. The van der Waals surface area contributed by atoms with E-state index in [1.807, 2.05) is 0 Å². The normalized spacial score (nSPS) is 23.2. The van der Waals surface area contributed by atoms with Gasteiger partial charge >= 0.3 is 11.9 Å². The summed E-state index contributed by atoms with van der Waals surface area (Å²) in [5.74, 6) is -1.75. The Balaban J connectivity index is 2.36. The maximum atomic E-state index is 11.5. The summed E-state index contributed by atoms with van der Waals surface area (Å²) < 4.78 is 4.82. The number of amides is 1. The van der Waals surface area contributed by atoms with Crippen LogP contribution in [0.2, 0.25) is 0 Å². The number of aliphatic carboxylic acids is 1. The van der Waals surface area contributed by atoms with Gasteiger partial charge in [-0.3, -0.25) is 9.59 Å². The summed E-state index contributed by atoms with van der Waals surface area (Å²) in [6.45, 7) is 1.99. The first kappa shape index (κ1) is 13.5. The van der Waals surface area contributed by atoms with E-state index < -0.39 is 18.0 Å². The molecule has 1 aliphatic heterocycles. The molecular formula is C11H17NO5. The van der Waals surface area contributed by atoms with Crippen molar-refractivity contribution < 1.29 is 24.2 Å². The van der Waals surface area contributed by atoms with E-state index in [4.69, 9.17) is 9.84 Å². The topological polar surface area (TPSA) is 92.7 Å². The van der Waals surface area contributed by atoms with Gasteiger partial charge in [-0.15, -0.1) is 0 Å². The summed E-state index contributed by atoms with van der Waals surface area (Å²) in [7, 11) is 0. The average molecular weight is 243 g/mol. The minimum Gasteiger partial charge on any atom is -0.481 e. The van der Waals surface area contributed by atoms with E-state index in [0.717, 1.165) is 0 Å². The molecule has 1 saturated heterocycles. The first-order chi connectivity index (χ1) is 8.04. The van der Waals surface area contributed by atoms with Crippen molar-refractivity contribution in [3.8, 4) is 0 Å². The van der Waals surface area contributed by atoms with E-state index in [9.17, 15) is 14.4 Å². The summed E-state index contributed by atoms with van der Waals surface area (Å²) in [6, 6.07) is -0.572. The molecule has 0 bridgehead atoms. The molecule has 2 atom stereocenters. The van der Waals surface area contributed by atoms with Crippen molar-refractivity contribution in [3.05, 3.63) is 0 Å². The summed E-state index contributed by atoms with van der Waals surface area (Å²) in [5.41, 5.74) is 0. The van der Waals surface area contributed by atoms with E-state index in [2.05, 4.69) is 5.32 Å². The van der Waals surface area contributed by atoms with Crippen LogP contribution in [0.1, 0.15) is 32.6 Å². The maximum absolute atomic E-state index is 11.5. The first-order valence-corrected chi connectivity index (χ1v) is 5.73. The Morgan fingerprint density at radius 1 is 1.53 bits per heavy atom. The van der Waals surface area contributed by atoms with Crippen molar-refractivity contribution in [2.24, 2.45) is 5.92 Å². The third-order valence-corrected chi connectivity index (χ3v) is 2.72. The largest absolute Gasteiger partial charge is 0.481 e. The predicted molar refractivity (Wildman–Crippen MR) is 58.2 cm³/mol. The molecule has 2 N–H and O–H groups in total. The average Bonchev–Trinajstić information content (AvgIpc) is 2.60. The van der Waals surface area contributed by atoms with Crippen molar-refractivity contribution >= 4 is 17.8 Å². The van der Waals surface area contributed by atoms with Crippen molar-refractivity contribution in [2.45, 2.75) is 38.6 Å². The quantitative estimate of drug-likeness (QED) is 0.655. The molecule has 96 valence electrons. The van der Waals surface area contributed by atoms with Crippen LogP contribution >= 0.6 is 0 Å². The Morgan fingerprint density at radius 2 is 2.24 bits per heavy atom. The minimum absolute atomic E-state index is 0.0495. The van der Waals surface area contributed by atoms with Gasteiger partial charge in [-0.05, 0) is 26.2 Å². The predicted octanol–water partition coefficient (Wildman–Crippen LogP) is 0.309. The number of carboxylic acid groups (broad SMARTS) is 1. The zero-order valence-corrected chi connectivity index (χ0v) is 9.77. The SMILES string of the molecule is CCOC(=O)[C@@H]1C[C@@H](CCCC(=O)O)C(=O)N1. The van der Waals surface area contributed by atoms with E-state index in [1.165, 1.54) is 0 Å². The van der Waals surface area contributed by atoms with Crippen LogP contribution in [0, 0.1) is 5.92 Å². The van der Waals surface area contributed by atoms with Gasteiger partial charge < -0.3 is 15.2 Å². The second kappa shape index (κ2) is 6.22. The smallest absolute Gasteiger partial charge is 0.328 e. The van der Waals surface area contributed by atoms with Crippen LogP contribution in [0.4, 0.5) is 0 Å².